The molecule has 0 fully saturated rings. The third-order valence-corrected chi connectivity index (χ3v) is 3.88. The molecule has 1 aliphatic rings. The lowest BCUT2D eigenvalue weighted by Gasteiger charge is -2.28. The Balaban J connectivity index is 1.75. The first-order chi connectivity index (χ1) is 9.95. The van der Waals surface area contributed by atoms with Gasteiger partial charge in [-0.05, 0) is 29.2 Å². The maximum atomic E-state index is 12.7. The second-order valence-electron chi connectivity index (χ2n) is 5.30. The number of ketones is 1. The largest absolute Gasteiger partial charge is 0.416 e. The van der Waals surface area contributed by atoms with E-state index in [0.717, 1.165) is 23.3 Å². The number of benzene rings is 2. The van der Waals surface area contributed by atoms with Gasteiger partial charge in [0.1, 0.15) is 5.78 Å². The molecule has 0 heterocycles. The summed E-state index contributed by atoms with van der Waals surface area (Å²) in [4.78, 5) is 12.2. The van der Waals surface area contributed by atoms with Crippen molar-refractivity contribution in [2.75, 3.05) is 0 Å². The molecule has 21 heavy (non-hydrogen) atoms. The Hall–Kier alpha value is -2.10. The Morgan fingerprint density at radius 1 is 1.10 bits per heavy atom. The van der Waals surface area contributed by atoms with Crippen molar-refractivity contribution in [1.29, 1.82) is 0 Å². The monoisotopic (exact) mass is 290 g/mol. The van der Waals surface area contributed by atoms with E-state index >= 15 is 0 Å². The fourth-order valence-electron chi connectivity index (χ4n) is 2.73. The molecular formula is C17H13F3O. The van der Waals surface area contributed by atoms with Crippen molar-refractivity contribution in [3.8, 4) is 0 Å². The van der Waals surface area contributed by atoms with Crippen molar-refractivity contribution in [2.45, 2.75) is 24.9 Å². The second kappa shape index (κ2) is 5.02. The van der Waals surface area contributed by atoms with Crippen molar-refractivity contribution in [3.63, 3.8) is 0 Å². The zero-order valence-corrected chi connectivity index (χ0v) is 11.2. The highest BCUT2D eigenvalue weighted by atomic mass is 19.4. The highest BCUT2D eigenvalue weighted by Crippen LogP contribution is 2.36. The minimum absolute atomic E-state index is 0.0203. The Bertz CT molecular complexity index is 688. The molecule has 4 heteroatoms. The highest BCUT2D eigenvalue weighted by molar-refractivity contribution is 5.90. The summed E-state index contributed by atoms with van der Waals surface area (Å²) in [6, 6.07) is 12.7. The van der Waals surface area contributed by atoms with Crippen LogP contribution in [0, 0.1) is 0 Å². The van der Waals surface area contributed by atoms with Gasteiger partial charge in [-0.25, -0.2) is 0 Å². The molecule has 0 bridgehead atoms. The van der Waals surface area contributed by atoms with Gasteiger partial charge in [-0.1, -0.05) is 42.5 Å². The van der Waals surface area contributed by atoms with E-state index in [1.54, 1.807) is 6.07 Å². The number of fused-ring (bicyclic) bond motifs is 1. The number of alkyl halides is 3. The molecule has 1 aliphatic carbocycles. The van der Waals surface area contributed by atoms with Crippen molar-refractivity contribution in [2.24, 2.45) is 0 Å². The Morgan fingerprint density at radius 3 is 2.57 bits per heavy atom. The van der Waals surface area contributed by atoms with Crippen molar-refractivity contribution in [3.05, 3.63) is 70.8 Å². The molecule has 1 atom stereocenters. The number of hydrogen-bond donors (Lipinski definition) is 0. The normalized spacial score (nSPS) is 17.0. The molecule has 0 spiro atoms. The van der Waals surface area contributed by atoms with Crippen LogP contribution in [0.1, 0.15) is 28.2 Å². The summed E-state index contributed by atoms with van der Waals surface area (Å²) in [7, 11) is 0. The van der Waals surface area contributed by atoms with Crippen molar-refractivity contribution in [1.82, 2.24) is 0 Å². The van der Waals surface area contributed by atoms with Crippen LogP contribution in [0.25, 0.3) is 0 Å². The van der Waals surface area contributed by atoms with E-state index in [1.165, 1.54) is 6.07 Å². The van der Waals surface area contributed by atoms with E-state index in [-0.39, 0.29) is 18.1 Å². The number of carbonyl (C=O) groups excluding carboxylic acids is 1. The molecular weight excluding hydrogens is 277 g/mol. The van der Waals surface area contributed by atoms with Crippen LogP contribution >= 0.6 is 0 Å². The highest BCUT2D eigenvalue weighted by Gasteiger charge is 2.33. The van der Waals surface area contributed by atoms with Crippen molar-refractivity contribution >= 4 is 5.78 Å². The number of rotatable bonds is 3. The maximum absolute atomic E-state index is 12.7. The molecule has 1 unspecified atom stereocenters. The Kier molecular flexibility index (Phi) is 3.32. The summed E-state index contributed by atoms with van der Waals surface area (Å²) in [5, 5.41) is 0. The van der Waals surface area contributed by atoms with Crippen LogP contribution in [-0.2, 0) is 23.8 Å². The van der Waals surface area contributed by atoms with Crippen LogP contribution in [0.4, 0.5) is 13.2 Å². The molecule has 0 radical (unpaired) electrons. The number of Topliss-reactive ketones (excluding diaryl/α,β-unsaturated/α-hetero) is 1. The molecule has 2 aromatic carbocycles. The lowest BCUT2D eigenvalue weighted by molar-refractivity contribution is -0.137. The minimum Gasteiger partial charge on any atom is -0.299 e. The van der Waals surface area contributed by atoms with Crippen LogP contribution in [-0.4, -0.2) is 5.78 Å². The molecule has 108 valence electrons. The van der Waals surface area contributed by atoms with Crippen LogP contribution in [0.3, 0.4) is 0 Å². The van der Waals surface area contributed by atoms with Gasteiger partial charge in [-0.3, -0.25) is 4.79 Å². The van der Waals surface area contributed by atoms with Crippen LogP contribution in [0.15, 0.2) is 48.5 Å². The van der Waals surface area contributed by atoms with E-state index in [4.69, 9.17) is 0 Å². The summed E-state index contributed by atoms with van der Waals surface area (Å²) in [5.74, 6) is -0.191. The predicted molar refractivity (Wildman–Crippen MR) is 73.0 cm³/mol. The summed E-state index contributed by atoms with van der Waals surface area (Å²) >= 11 is 0. The quantitative estimate of drug-likeness (QED) is 0.829. The fourth-order valence-corrected chi connectivity index (χ4v) is 2.73. The lowest BCUT2D eigenvalue weighted by Crippen LogP contribution is -2.26. The number of carbonyl (C=O) groups is 1. The zero-order valence-electron chi connectivity index (χ0n) is 11.2. The minimum atomic E-state index is -4.37. The fraction of sp³-hybridized carbons (Fsp3) is 0.235. The van der Waals surface area contributed by atoms with Gasteiger partial charge in [0, 0.05) is 12.3 Å². The molecule has 0 N–H and O–H groups in total. The molecule has 2 aromatic rings. The molecule has 0 saturated carbocycles. The molecule has 1 nitrogen and oxygen atoms in total. The van der Waals surface area contributed by atoms with Gasteiger partial charge in [0.2, 0.25) is 0 Å². The molecule has 0 saturated heterocycles. The Morgan fingerprint density at radius 2 is 1.86 bits per heavy atom. The number of halogens is 3. The predicted octanol–water partition coefficient (Wildman–Crippen LogP) is 4.16. The standard InChI is InChI=1S/C17H13F3O/c18-17(19,20)13-6-3-4-11(8-13)9-16(21)15-10-12-5-1-2-7-14(12)15/h1-8,15H,9-10H2. The van der Waals surface area contributed by atoms with E-state index in [0.29, 0.717) is 12.0 Å². The Labute approximate surface area is 120 Å². The third-order valence-electron chi connectivity index (χ3n) is 3.88. The second-order valence-corrected chi connectivity index (χ2v) is 5.30. The van der Waals surface area contributed by atoms with Gasteiger partial charge in [0.05, 0.1) is 5.56 Å². The van der Waals surface area contributed by atoms with Crippen LogP contribution in [0.2, 0.25) is 0 Å². The molecule has 0 aliphatic heterocycles. The van der Waals surface area contributed by atoms with Crippen molar-refractivity contribution < 1.29 is 18.0 Å². The smallest absolute Gasteiger partial charge is 0.299 e. The first-order valence-corrected chi connectivity index (χ1v) is 6.72. The molecule has 3 rings (SSSR count). The first-order valence-electron chi connectivity index (χ1n) is 6.72. The van der Waals surface area contributed by atoms with E-state index in [9.17, 15) is 18.0 Å². The average Bonchev–Trinajstić information content (AvgIpc) is 2.39. The zero-order chi connectivity index (χ0) is 15.0. The molecule has 0 amide bonds. The summed E-state index contributed by atoms with van der Waals surface area (Å²) in [6.07, 6.45) is -3.64. The first kappa shape index (κ1) is 13.9. The summed E-state index contributed by atoms with van der Waals surface area (Å²) in [5.41, 5.74) is 1.87. The van der Waals surface area contributed by atoms with Gasteiger partial charge < -0.3 is 0 Å². The third kappa shape index (κ3) is 2.71. The van der Waals surface area contributed by atoms with Gasteiger partial charge in [0.25, 0.3) is 0 Å². The van der Waals surface area contributed by atoms with Crippen LogP contribution in [0.5, 0.6) is 0 Å². The summed E-state index contributed by atoms with van der Waals surface area (Å²) in [6.45, 7) is 0. The average molecular weight is 290 g/mol. The van der Waals surface area contributed by atoms with Gasteiger partial charge in [-0.2, -0.15) is 13.2 Å². The van der Waals surface area contributed by atoms with Crippen LogP contribution < -0.4 is 0 Å². The lowest BCUT2D eigenvalue weighted by atomic mass is 9.74. The van der Waals surface area contributed by atoms with E-state index in [2.05, 4.69) is 0 Å². The number of hydrogen-bond acceptors (Lipinski definition) is 1. The maximum Gasteiger partial charge on any atom is 0.416 e. The van der Waals surface area contributed by atoms with E-state index in [1.807, 2.05) is 24.3 Å². The summed E-state index contributed by atoms with van der Waals surface area (Å²) < 4.78 is 38.0. The topological polar surface area (TPSA) is 17.1 Å². The SMILES string of the molecule is O=C(Cc1cccc(C(F)(F)F)c1)C1Cc2ccccc21. The molecule has 0 aromatic heterocycles. The van der Waals surface area contributed by atoms with E-state index < -0.39 is 11.7 Å². The van der Waals surface area contributed by atoms with Gasteiger partial charge >= 0.3 is 6.18 Å². The van der Waals surface area contributed by atoms with Gasteiger partial charge in [0.15, 0.2) is 0 Å². The van der Waals surface area contributed by atoms with Gasteiger partial charge in [-0.15, -0.1) is 0 Å².